The first kappa shape index (κ1) is 15.6. The van der Waals surface area contributed by atoms with Gasteiger partial charge in [0.15, 0.2) is 0 Å². The third kappa shape index (κ3) is 3.65. The molecular weight excluding hydrogens is 321 g/mol. The maximum absolute atomic E-state index is 12.2. The molecule has 1 aliphatic rings. The van der Waals surface area contributed by atoms with E-state index in [0.29, 0.717) is 27.1 Å². The minimum absolute atomic E-state index is 0.315. The van der Waals surface area contributed by atoms with Crippen LogP contribution < -0.4 is 5.32 Å². The van der Waals surface area contributed by atoms with Crippen molar-refractivity contribution in [2.24, 2.45) is 5.92 Å². The quantitative estimate of drug-likeness (QED) is 0.825. The van der Waals surface area contributed by atoms with Crippen LogP contribution in [0.3, 0.4) is 0 Å². The van der Waals surface area contributed by atoms with Gasteiger partial charge in [-0.15, -0.1) is 11.3 Å². The zero-order chi connectivity index (χ0) is 14.7. The van der Waals surface area contributed by atoms with Crippen LogP contribution in [0.5, 0.6) is 0 Å². The van der Waals surface area contributed by atoms with Gasteiger partial charge in [-0.1, -0.05) is 42.5 Å². The molecule has 1 heterocycles. The number of nitrogens with one attached hydrogen (secondary N) is 1. The zero-order valence-electron chi connectivity index (χ0n) is 10.7. The number of carboxylic acid groups (broad SMARTS) is 1. The van der Waals surface area contributed by atoms with E-state index < -0.39 is 11.9 Å². The molecule has 2 unspecified atom stereocenters. The summed E-state index contributed by atoms with van der Waals surface area (Å²) in [5, 5.41) is 12.1. The van der Waals surface area contributed by atoms with Gasteiger partial charge in [-0.2, -0.15) is 0 Å². The van der Waals surface area contributed by atoms with Gasteiger partial charge < -0.3 is 10.4 Å². The fraction of sp³-hybridized carbons (Fsp3) is 0.538. The molecular formula is C13H15Cl2NO3S. The number of carbonyl (C=O) groups excluding carboxylic acids is 1. The second-order valence-electron chi connectivity index (χ2n) is 4.90. The van der Waals surface area contributed by atoms with Gasteiger partial charge in [0, 0.05) is 6.04 Å². The first-order chi connectivity index (χ1) is 9.49. The molecule has 1 amide bonds. The van der Waals surface area contributed by atoms with Crippen molar-refractivity contribution in [1.82, 2.24) is 5.32 Å². The third-order valence-corrected chi connectivity index (χ3v) is 5.04. The average molecular weight is 336 g/mol. The first-order valence-electron chi connectivity index (χ1n) is 6.47. The van der Waals surface area contributed by atoms with Crippen LogP contribution in [0.1, 0.15) is 42.5 Å². The Hall–Kier alpha value is -0.780. The number of rotatable bonds is 3. The van der Waals surface area contributed by atoms with E-state index >= 15 is 0 Å². The van der Waals surface area contributed by atoms with Crippen LogP contribution in [0.2, 0.25) is 8.67 Å². The minimum atomic E-state index is -0.855. The van der Waals surface area contributed by atoms with Crippen LogP contribution >= 0.6 is 34.5 Å². The molecule has 1 aromatic heterocycles. The average Bonchev–Trinajstić information content (AvgIpc) is 2.60. The molecule has 0 bridgehead atoms. The van der Waals surface area contributed by atoms with Gasteiger partial charge in [-0.05, 0) is 18.9 Å². The summed E-state index contributed by atoms with van der Waals surface area (Å²) in [6.07, 6.45) is 4.08. The molecule has 0 saturated heterocycles. The molecule has 0 aromatic carbocycles. The van der Waals surface area contributed by atoms with Gasteiger partial charge in [-0.3, -0.25) is 9.59 Å². The molecule has 1 fully saturated rings. The normalized spacial score (nSPS) is 23.1. The second kappa shape index (κ2) is 6.78. The number of hydrogen-bond acceptors (Lipinski definition) is 3. The molecule has 2 rings (SSSR count). The molecule has 4 nitrogen and oxygen atoms in total. The standard InChI is InChI=1S/C13H15Cl2NO3S/c14-10-6-8(11(15)20-10)12(17)16-9-5-3-1-2-4-7(9)13(18)19/h6-7,9H,1-5H2,(H,16,17)(H,18,19). The van der Waals surface area contributed by atoms with E-state index in [-0.39, 0.29) is 11.9 Å². The lowest BCUT2D eigenvalue weighted by Gasteiger charge is -2.22. The van der Waals surface area contributed by atoms with Gasteiger partial charge in [0.25, 0.3) is 5.91 Å². The molecule has 1 aromatic rings. The summed E-state index contributed by atoms with van der Waals surface area (Å²) in [5.41, 5.74) is 0.315. The molecule has 0 spiro atoms. The van der Waals surface area contributed by atoms with Crippen molar-refractivity contribution in [2.45, 2.75) is 38.1 Å². The van der Waals surface area contributed by atoms with E-state index in [9.17, 15) is 14.7 Å². The summed E-state index contributed by atoms with van der Waals surface area (Å²) < 4.78 is 0.767. The van der Waals surface area contributed by atoms with E-state index in [0.717, 1.165) is 30.6 Å². The number of halogens is 2. The Morgan fingerprint density at radius 3 is 2.55 bits per heavy atom. The highest BCUT2D eigenvalue weighted by Gasteiger charge is 2.31. The summed E-state index contributed by atoms with van der Waals surface area (Å²) in [6, 6.07) is 1.16. The highest BCUT2D eigenvalue weighted by atomic mass is 35.5. The molecule has 2 N–H and O–H groups in total. The van der Waals surface area contributed by atoms with Crippen LogP contribution in [-0.4, -0.2) is 23.0 Å². The number of hydrogen-bond donors (Lipinski definition) is 2. The summed E-state index contributed by atoms with van der Waals surface area (Å²) >= 11 is 12.9. The van der Waals surface area contributed by atoms with Gasteiger partial charge in [0.2, 0.25) is 0 Å². The lowest BCUT2D eigenvalue weighted by molar-refractivity contribution is -0.142. The van der Waals surface area contributed by atoms with E-state index in [2.05, 4.69) is 5.32 Å². The number of amides is 1. The van der Waals surface area contributed by atoms with E-state index in [1.807, 2.05) is 0 Å². The summed E-state index contributed by atoms with van der Waals surface area (Å²) in [4.78, 5) is 23.5. The number of aliphatic carboxylic acids is 1. The van der Waals surface area contributed by atoms with Crippen molar-refractivity contribution in [3.8, 4) is 0 Å². The van der Waals surface area contributed by atoms with Gasteiger partial charge in [-0.25, -0.2) is 0 Å². The van der Waals surface area contributed by atoms with Crippen LogP contribution in [0.15, 0.2) is 6.07 Å². The van der Waals surface area contributed by atoms with Crippen molar-refractivity contribution >= 4 is 46.4 Å². The minimum Gasteiger partial charge on any atom is -0.481 e. The van der Waals surface area contributed by atoms with E-state index in [4.69, 9.17) is 23.2 Å². The van der Waals surface area contributed by atoms with Crippen LogP contribution in [0, 0.1) is 5.92 Å². The Morgan fingerprint density at radius 2 is 1.95 bits per heavy atom. The van der Waals surface area contributed by atoms with Crippen LogP contribution in [-0.2, 0) is 4.79 Å². The summed E-state index contributed by atoms with van der Waals surface area (Å²) in [7, 11) is 0. The Bertz CT molecular complexity index is 518. The predicted molar refractivity (Wildman–Crippen MR) is 79.8 cm³/mol. The maximum Gasteiger partial charge on any atom is 0.308 e. The molecule has 2 atom stereocenters. The third-order valence-electron chi connectivity index (χ3n) is 3.55. The Kier molecular flexibility index (Phi) is 5.29. The topological polar surface area (TPSA) is 66.4 Å². The van der Waals surface area contributed by atoms with E-state index in [1.165, 1.54) is 6.07 Å². The molecule has 7 heteroatoms. The Balaban J connectivity index is 2.11. The largest absolute Gasteiger partial charge is 0.481 e. The molecule has 0 radical (unpaired) electrons. The lowest BCUT2D eigenvalue weighted by Crippen LogP contribution is -2.42. The Morgan fingerprint density at radius 1 is 1.25 bits per heavy atom. The number of thiophene rings is 1. The van der Waals surface area contributed by atoms with Gasteiger partial charge >= 0.3 is 5.97 Å². The van der Waals surface area contributed by atoms with Crippen molar-refractivity contribution < 1.29 is 14.7 Å². The van der Waals surface area contributed by atoms with Crippen molar-refractivity contribution in [3.63, 3.8) is 0 Å². The predicted octanol–water partition coefficient (Wildman–Crippen LogP) is 3.82. The number of carbonyl (C=O) groups is 2. The first-order valence-corrected chi connectivity index (χ1v) is 8.05. The lowest BCUT2D eigenvalue weighted by atomic mass is 9.94. The highest BCUT2D eigenvalue weighted by molar-refractivity contribution is 7.20. The van der Waals surface area contributed by atoms with Crippen LogP contribution in [0.4, 0.5) is 0 Å². The zero-order valence-corrected chi connectivity index (χ0v) is 13.0. The fourth-order valence-corrected chi connectivity index (χ4v) is 3.98. The Labute approximate surface area is 131 Å². The maximum atomic E-state index is 12.2. The molecule has 1 aliphatic carbocycles. The van der Waals surface area contributed by atoms with Crippen molar-refractivity contribution in [2.75, 3.05) is 0 Å². The van der Waals surface area contributed by atoms with Crippen LogP contribution in [0.25, 0.3) is 0 Å². The molecule has 110 valence electrons. The van der Waals surface area contributed by atoms with E-state index in [1.54, 1.807) is 0 Å². The number of carboxylic acids is 1. The van der Waals surface area contributed by atoms with Gasteiger partial charge in [0.05, 0.1) is 15.8 Å². The summed E-state index contributed by atoms with van der Waals surface area (Å²) in [5.74, 6) is -1.74. The molecule has 0 aliphatic heterocycles. The van der Waals surface area contributed by atoms with Crippen molar-refractivity contribution in [3.05, 3.63) is 20.3 Å². The summed E-state index contributed by atoms with van der Waals surface area (Å²) in [6.45, 7) is 0. The monoisotopic (exact) mass is 335 g/mol. The second-order valence-corrected chi connectivity index (χ2v) is 7.19. The fourth-order valence-electron chi connectivity index (χ4n) is 2.52. The highest BCUT2D eigenvalue weighted by Crippen LogP contribution is 2.31. The smallest absolute Gasteiger partial charge is 0.308 e. The van der Waals surface area contributed by atoms with Crippen molar-refractivity contribution in [1.29, 1.82) is 0 Å². The molecule has 20 heavy (non-hydrogen) atoms. The molecule has 1 saturated carbocycles. The van der Waals surface area contributed by atoms with Gasteiger partial charge in [0.1, 0.15) is 4.34 Å². The SMILES string of the molecule is O=C(NC1CCCCCC1C(=O)O)c1cc(Cl)sc1Cl.